The predicted molar refractivity (Wildman–Crippen MR) is 94.4 cm³/mol. The standard InChI is InChI=1S/C19H21N3O3/c1-25-18(23)15-5-7-16(8-6-15)21-19(24)22-11-9-14(13-22)12-17-4-2-3-10-20-17/h2-8,10,14H,9,11-13H2,1H3,(H,21,24). The summed E-state index contributed by atoms with van der Waals surface area (Å²) in [6.45, 7) is 1.46. The molecule has 1 saturated heterocycles. The molecule has 0 aliphatic carbocycles. The highest BCUT2D eigenvalue weighted by atomic mass is 16.5. The highest BCUT2D eigenvalue weighted by molar-refractivity contribution is 5.92. The highest BCUT2D eigenvalue weighted by Crippen LogP contribution is 2.21. The topological polar surface area (TPSA) is 71.5 Å². The zero-order valence-corrected chi connectivity index (χ0v) is 14.1. The van der Waals surface area contributed by atoms with Crippen molar-refractivity contribution in [3.63, 3.8) is 0 Å². The molecule has 1 atom stereocenters. The van der Waals surface area contributed by atoms with Gasteiger partial charge in [-0.25, -0.2) is 9.59 Å². The lowest BCUT2D eigenvalue weighted by Crippen LogP contribution is -2.33. The zero-order chi connectivity index (χ0) is 17.6. The molecule has 1 unspecified atom stereocenters. The summed E-state index contributed by atoms with van der Waals surface area (Å²) in [6, 6.07) is 12.5. The van der Waals surface area contributed by atoms with Gasteiger partial charge in [-0.05, 0) is 55.2 Å². The van der Waals surface area contributed by atoms with Crippen LogP contribution in [0.15, 0.2) is 48.7 Å². The van der Waals surface area contributed by atoms with Gasteiger partial charge in [-0.1, -0.05) is 6.07 Å². The second-order valence-electron chi connectivity index (χ2n) is 6.12. The number of amides is 2. The summed E-state index contributed by atoms with van der Waals surface area (Å²) >= 11 is 0. The first-order valence-corrected chi connectivity index (χ1v) is 8.30. The molecule has 0 bridgehead atoms. The molecule has 6 nitrogen and oxygen atoms in total. The van der Waals surface area contributed by atoms with Crippen LogP contribution < -0.4 is 5.32 Å². The molecule has 0 radical (unpaired) electrons. The van der Waals surface area contributed by atoms with Crippen molar-refractivity contribution in [1.29, 1.82) is 0 Å². The van der Waals surface area contributed by atoms with Gasteiger partial charge >= 0.3 is 12.0 Å². The minimum absolute atomic E-state index is 0.116. The van der Waals surface area contributed by atoms with Gasteiger partial charge in [-0.2, -0.15) is 0 Å². The van der Waals surface area contributed by atoms with Gasteiger partial charge in [0.2, 0.25) is 0 Å². The Hall–Kier alpha value is -2.89. The molecule has 2 amide bonds. The molecule has 0 spiro atoms. The summed E-state index contributed by atoms with van der Waals surface area (Å²) in [6.07, 6.45) is 3.66. The van der Waals surface area contributed by atoms with Gasteiger partial charge in [0, 0.05) is 30.7 Å². The number of esters is 1. The van der Waals surface area contributed by atoms with Crippen molar-refractivity contribution in [3.05, 3.63) is 59.9 Å². The smallest absolute Gasteiger partial charge is 0.337 e. The maximum Gasteiger partial charge on any atom is 0.337 e. The molecule has 1 aliphatic rings. The third-order valence-electron chi connectivity index (χ3n) is 4.35. The van der Waals surface area contributed by atoms with Crippen LogP contribution in [0.3, 0.4) is 0 Å². The molecule has 1 aromatic carbocycles. The minimum atomic E-state index is -0.394. The lowest BCUT2D eigenvalue weighted by Gasteiger charge is -2.17. The summed E-state index contributed by atoms with van der Waals surface area (Å²) < 4.78 is 4.66. The van der Waals surface area contributed by atoms with Crippen LogP contribution in [0, 0.1) is 5.92 Å². The summed E-state index contributed by atoms with van der Waals surface area (Å²) in [5, 5.41) is 2.87. The van der Waals surface area contributed by atoms with E-state index in [0.29, 0.717) is 17.2 Å². The maximum absolute atomic E-state index is 12.4. The largest absolute Gasteiger partial charge is 0.465 e. The third kappa shape index (κ3) is 4.35. The number of nitrogens with one attached hydrogen (secondary N) is 1. The van der Waals surface area contributed by atoms with E-state index in [4.69, 9.17) is 0 Å². The molecule has 2 aromatic rings. The van der Waals surface area contributed by atoms with Gasteiger partial charge in [0.25, 0.3) is 0 Å². The van der Waals surface area contributed by atoms with Crippen molar-refractivity contribution in [2.75, 3.05) is 25.5 Å². The molecule has 1 fully saturated rings. The van der Waals surface area contributed by atoms with Crippen LogP contribution in [0.2, 0.25) is 0 Å². The number of carbonyl (C=O) groups excluding carboxylic acids is 2. The first kappa shape index (κ1) is 17.0. The van der Waals surface area contributed by atoms with E-state index in [0.717, 1.165) is 31.6 Å². The second-order valence-corrected chi connectivity index (χ2v) is 6.12. The molecule has 25 heavy (non-hydrogen) atoms. The SMILES string of the molecule is COC(=O)c1ccc(NC(=O)N2CCC(Cc3ccccn3)C2)cc1. The Morgan fingerprint density at radius 3 is 2.72 bits per heavy atom. The van der Waals surface area contributed by atoms with Crippen molar-refractivity contribution in [1.82, 2.24) is 9.88 Å². The van der Waals surface area contributed by atoms with Gasteiger partial charge in [0.05, 0.1) is 12.7 Å². The van der Waals surface area contributed by atoms with E-state index < -0.39 is 5.97 Å². The number of aromatic nitrogens is 1. The molecule has 2 heterocycles. The van der Waals surface area contributed by atoms with E-state index in [-0.39, 0.29) is 6.03 Å². The molecular formula is C19H21N3O3. The molecule has 1 aliphatic heterocycles. The third-order valence-corrected chi connectivity index (χ3v) is 4.35. The quantitative estimate of drug-likeness (QED) is 0.869. The fourth-order valence-electron chi connectivity index (χ4n) is 3.01. The number of ether oxygens (including phenoxy) is 1. The van der Waals surface area contributed by atoms with E-state index in [2.05, 4.69) is 15.0 Å². The van der Waals surface area contributed by atoms with Crippen LogP contribution in [-0.4, -0.2) is 42.1 Å². The first-order chi connectivity index (χ1) is 12.2. The summed E-state index contributed by atoms with van der Waals surface area (Å²) in [5.41, 5.74) is 2.18. The van der Waals surface area contributed by atoms with Gasteiger partial charge in [-0.3, -0.25) is 4.98 Å². The van der Waals surface area contributed by atoms with Crippen LogP contribution in [-0.2, 0) is 11.2 Å². The number of pyridine rings is 1. The normalized spacial score (nSPS) is 16.5. The Labute approximate surface area is 146 Å². The number of anilines is 1. The van der Waals surface area contributed by atoms with E-state index in [1.54, 1.807) is 30.5 Å². The Bertz CT molecular complexity index is 731. The number of rotatable bonds is 4. The average Bonchev–Trinajstić information content (AvgIpc) is 3.11. The Balaban J connectivity index is 1.53. The first-order valence-electron chi connectivity index (χ1n) is 8.30. The van der Waals surface area contributed by atoms with Gasteiger partial charge in [-0.15, -0.1) is 0 Å². The number of hydrogen-bond acceptors (Lipinski definition) is 4. The van der Waals surface area contributed by atoms with Crippen LogP contribution >= 0.6 is 0 Å². The molecular weight excluding hydrogens is 318 g/mol. The summed E-state index contributed by atoms with van der Waals surface area (Å²) in [4.78, 5) is 30.0. The van der Waals surface area contributed by atoms with E-state index in [9.17, 15) is 9.59 Å². The average molecular weight is 339 g/mol. The van der Waals surface area contributed by atoms with Gasteiger partial charge < -0.3 is 15.0 Å². The predicted octanol–water partition coefficient (Wildman–Crippen LogP) is 2.96. The number of urea groups is 1. The maximum atomic E-state index is 12.4. The fourth-order valence-corrected chi connectivity index (χ4v) is 3.01. The lowest BCUT2D eigenvalue weighted by atomic mass is 10.0. The lowest BCUT2D eigenvalue weighted by molar-refractivity contribution is 0.0601. The Morgan fingerprint density at radius 1 is 1.24 bits per heavy atom. The Kier molecular flexibility index (Phi) is 5.28. The van der Waals surface area contributed by atoms with Crippen molar-refractivity contribution in [2.45, 2.75) is 12.8 Å². The summed E-state index contributed by atoms with van der Waals surface area (Å²) in [5.74, 6) is 0.0390. The molecule has 6 heteroatoms. The van der Waals surface area contributed by atoms with E-state index >= 15 is 0 Å². The molecule has 130 valence electrons. The second kappa shape index (κ2) is 7.79. The minimum Gasteiger partial charge on any atom is -0.465 e. The molecule has 1 N–H and O–H groups in total. The van der Waals surface area contributed by atoms with Crippen LogP contribution in [0.1, 0.15) is 22.5 Å². The number of likely N-dealkylation sites (tertiary alicyclic amines) is 1. The number of hydrogen-bond donors (Lipinski definition) is 1. The zero-order valence-electron chi connectivity index (χ0n) is 14.1. The highest BCUT2D eigenvalue weighted by Gasteiger charge is 2.26. The van der Waals surface area contributed by atoms with Crippen molar-refractivity contribution in [2.24, 2.45) is 5.92 Å². The monoisotopic (exact) mass is 339 g/mol. The fraction of sp³-hybridized carbons (Fsp3) is 0.316. The van der Waals surface area contributed by atoms with Gasteiger partial charge in [0.15, 0.2) is 0 Å². The molecule has 3 rings (SSSR count). The van der Waals surface area contributed by atoms with E-state index in [1.165, 1.54) is 7.11 Å². The van der Waals surface area contributed by atoms with Gasteiger partial charge in [0.1, 0.15) is 0 Å². The number of methoxy groups -OCH3 is 1. The van der Waals surface area contributed by atoms with Crippen molar-refractivity contribution < 1.29 is 14.3 Å². The van der Waals surface area contributed by atoms with E-state index in [1.807, 2.05) is 23.1 Å². The van der Waals surface area contributed by atoms with Crippen molar-refractivity contribution in [3.8, 4) is 0 Å². The van der Waals surface area contributed by atoms with Crippen LogP contribution in [0.4, 0.5) is 10.5 Å². The number of benzene rings is 1. The Morgan fingerprint density at radius 2 is 2.04 bits per heavy atom. The van der Waals surface area contributed by atoms with Crippen LogP contribution in [0.5, 0.6) is 0 Å². The number of nitrogens with zero attached hydrogens (tertiary/aromatic N) is 2. The molecule has 1 aromatic heterocycles. The van der Waals surface area contributed by atoms with Crippen molar-refractivity contribution >= 4 is 17.7 Å². The van der Waals surface area contributed by atoms with Crippen LogP contribution in [0.25, 0.3) is 0 Å². The summed E-state index contributed by atoms with van der Waals surface area (Å²) in [7, 11) is 1.34. The molecule has 0 saturated carbocycles. The number of carbonyl (C=O) groups is 2.